The largest absolute Gasteiger partial charge is 0.495 e. The predicted molar refractivity (Wildman–Crippen MR) is 78.7 cm³/mol. The van der Waals surface area contributed by atoms with E-state index < -0.39 is 4.92 Å². The molecule has 0 saturated heterocycles. The number of nitrogens with one attached hydrogen (secondary N) is 2. The van der Waals surface area contributed by atoms with Gasteiger partial charge in [0.25, 0.3) is 5.69 Å². The summed E-state index contributed by atoms with van der Waals surface area (Å²) < 4.78 is 5.44. The van der Waals surface area contributed by atoms with Crippen LogP contribution in [-0.4, -0.2) is 32.7 Å². The number of tetrazole rings is 1. The molecule has 0 amide bonds. The molecule has 0 aliphatic rings. The molecular weight excluding hydrogens is 358 g/mol. The Morgan fingerprint density at radius 3 is 2.95 bits per heavy atom. The van der Waals surface area contributed by atoms with E-state index in [1.807, 2.05) is 6.07 Å². The monoisotopic (exact) mass is 365 g/mol. The molecule has 0 saturated carbocycles. The highest BCUT2D eigenvalue weighted by Gasteiger charge is 2.20. The van der Waals surface area contributed by atoms with Gasteiger partial charge in [-0.05, 0) is 27.2 Å². The summed E-state index contributed by atoms with van der Waals surface area (Å²) in [4.78, 5) is 10.5. The molecule has 112 valence electrons. The fraction of sp³-hybridized carbons (Fsp3) is 0.0909. The highest BCUT2D eigenvalue weighted by Crippen LogP contribution is 2.39. The van der Waals surface area contributed by atoms with Gasteiger partial charge in [0.1, 0.15) is 23.1 Å². The van der Waals surface area contributed by atoms with Crippen molar-refractivity contribution in [1.29, 1.82) is 5.26 Å². The molecule has 0 atom stereocenters. The summed E-state index contributed by atoms with van der Waals surface area (Å²) in [6, 6.07) is 4.62. The van der Waals surface area contributed by atoms with Crippen LogP contribution >= 0.6 is 15.9 Å². The van der Waals surface area contributed by atoms with E-state index in [2.05, 4.69) is 41.9 Å². The second-order valence-electron chi connectivity index (χ2n) is 3.78. The lowest BCUT2D eigenvalue weighted by Gasteiger charge is -2.09. The molecule has 1 aromatic heterocycles. The Morgan fingerprint density at radius 2 is 2.41 bits per heavy atom. The van der Waals surface area contributed by atoms with Gasteiger partial charge < -0.3 is 10.1 Å². The molecule has 0 fully saturated rings. The normalized spacial score (nSPS) is 10.9. The first-order valence-electron chi connectivity index (χ1n) is 5.70. The molecule has 1 heterocycles. The zero-order valence-corrected chi connectivity index (χ0v) is 12.7. The number of hydrogen-bond donors (Lipinski definition) is 2. The van der Waals surface area contributed by atoms with E-state index in [0.717, 1.165) is 0 Å². The van der Waals surface area contributed by atoms with Crippen LogP contribution in [0.3, 0.4) is 0 Å². The zero-order valence-electron chi connectivity index (χ0n) is 11.1. The number of H-pyrrole nitrogens is 1. The fourth-order valence-corrected chi connectivity index (χ4v) is 2.17. The van der Waals surface area contributed by atoms with Crippen LogP contribution in [0.4, 0.5) is 11.4 Å². The van der Waals surface area contributed by atoms with Crippen molar-refractivity contribution in [3.05, 3.63) is 38.7 Å². The number of benzene rings is 1. The van der Waals surface area contributed by atoms with Gasteiger partial charge in [0.05, 0.1) is 16.5 Å². The number of halogens is 1. The Balaban J connectivity index is 2.44. The summed E-state index contributed by atoms with van der Waals surface area (Å²) in [6.07, 6.45) is 1.25. The summed E-state index contributed by atoms with van der Waals surface area (Å²) in [6.45, 7) is 0. The Bertz CT molecular complexity index is 767. The van der Waals surface area contributed by atoms with E-state index in [-0.39, 0.29) is 22.8 Å². The van der Waals surface area contributed by atoms with Gasteiger partial charge in [-0.2, -0.15) is 10.5 Å². The van der Waals surface area contributed by atoms with Gasteiger partial charge in [0.15, 0.2) is 0 Å². The molecule has 0 aliphatic carbocycles. The third-order valence-corrected chi connectivity index (χ3v) is 3.36. The molecule has 11 heteroatoms. The van der Waals surface area contributed by atoms with Gasteiger partial charge >= 0.3 is 0 Å². The highest BCUT2D eigenvalue weighted by molar-refractivity contribution is 9.10. The number of aromatic nitrogens is 4. The Kier molecular flexibility index (Phi) is 4.64. The first-order chi connectivity index (χ1) is 10.6. The van der Waals surface area contributed by atoms with Gasteiger partial charge in [0.2, 0.25) is 5.82 Å². The maximum Gasteiger partial charge on any atom is 0.294 e. The number of ether oxygens (including phenoxy) is 1. The van der Waals surface area contributed by atoms with E-state index in [4.69, 9.17) is 10.00 Å². The number of rotatable bonds is 5. The Labute approximate surface area is 132 Å². The van der Waals surface area contributed by atoms with Gasteiger partial charge in [0, 0.05) is 12.3 Å². The van der Waals surface area contributed by atoms with Crippen molar-refractivity contribution in [2.75, 3.05) is 12.4 Å². The first kappa shape index (κ1) is 15.4. The quantitative estimate of drug-likeness (QED) is 0.464. The van der Waals surface area contributed by atoms with Crippen LogP contribution in [0.15, 0.2) is 22.8 Å². The minimum Gasteiger partial charge on any atom is -0.495 e. The molecule has 0 aliphatic heterocycles. The minimum absolute atomic E-state index is 0.0535. The van der Waals surface area contributed by atoms with Crippen LogP contribution < -0.4 is 10.1 Å². The molecule has 0 radical (unpaired) electrons. The topological polar surface area (TPSA) is 143 Å². The van der Waals surface area contributed by atoms with Crippen molar-refractivity contribution in [1.82, 2.24) is 20.6 Å². The zero-order chi connectivity index (χ0) is 16.1. The van der Waals surface area contributed by atoms with E-state index >= 15 is 0 Å². The van der Waals surface area contributed by atoms with E-state index in [1.54, 1.807) is 0 Å². The molecule has 0 spiro atoms. The van der Waals surface area contributed by atoms with Gasteiger partial charge in [-0.25, -0.2) is 0 Å². The molecule has 2 N–H and O–H groups in total. The number of nitriles is 1. The number of hydrogen-bond acceptors (Lipinski definition) is 8. The average molecular weight is 366 g/mol. The van der Waals surface area contributed by atoms with E-state index in [0.29, 0.717) is 10.2 Å². The van der Waals surface area contributed by atoms with E-state index in [1.165, 1.54) is 25.4 Å². The summed E-state index contributed by atoms with van der Waals surface area (Å²) in [5.41, 5.74) is 0.00712. The van der Waals surface area contributed by atoms with Gasteiger partial charge in [-0.15, -0.1) is 10.2 Å². The number of aromatic amines is 1. The molecule has 2 aromatic rings. The Hall–Kier alpha value is -3.00. The number of nitrogens with zero attached hydrogens (tertiary/aromatic N) is 5. The summed E-state index contributed by atoms with van der Waals surface area (Å²) in [5.74, 6) is 0.469. The highest BCUT2D eigenvalue weighted by atomic mass is 79.9. The standard InChI is InChI=1S/C11H8BrN7O3/c1-22-8-3-2-7(19(20)21)10(9(8)12)14-5-6(4-13)11-15-17-18-16-11/h2-3,5,14H,1H3,(H,15,16,17,18). The van der Waals surface area contributed by atoms with Gasteiger partial charge in [-0.3, -0.25) is 10.1 Å². The van der Waals surface area contributed by atoms with Crippen LogP contribution in [0.25, 0.3) is 5.57 Å². The molecule has 22 heavy (non-hydrogen) atoms. The van der Waals surface area contributed by atoms with Crippen LogP contribution in [0, 0.1) is 21.4 Å². The van der Waals surface area contributed by atoms with Crippen molar-refractivity contribution < 1.29 is 9.66 Å². The number of methoxy groups -OCH3 is 1. The third-order valence-electron chi connectivity index (χ3n) is 2.57. The van der Waals surface area contributed by atoms with E-state index in [9.17, 15) is 10.1 Å². The maximum absolute atomic E-state index is 11.1. The number of nitro groups is 1. The van der Waals surface area contributed by atoms with Crippen LogP contribution in [-0.2, 0) is 0 Å². The van der Waals surface area contributed by atoms with Crippen LogP contribution in [0.2, 0.25) is 0 Å². The molecule has 10 nitrogen and oxygen atoms in total. The Morgan fingerprint density at radius 1 is 1.64 bits per heavy atom. The lowest BCUT2D eigenvalue weighted by atomic mass is 10.2. The SMILES string of the molecule is COc1ccc([N+](=O)[O-])c(NC=C(C#N)c2nn[nH]n2)c1Br. The summed E-state index contributed by atoms with van der Waals surface area (Å²) in [5, 5.41) is 35.8. The predicted octanol–water partition coefficient (Wildman–Crippen LogP) is 1.86. The number of nitro benzene ring substituents is 1. The van der Waals surface area contributed by atoms with Crippen molar-refractivity contribution >= 4 is 32.9 Å². The molecule has 0 bridgehead atoms. The molecule has 2 rings (SSSR count). The van der Waals surface area contributed by atoms with Crippen molar-refractivity contribution in [2.24, 2.45) is 0 Å². The first-order valence-corrected chi connectivity index (χ1v) is 6.49. The second-order valence-corrected chi connectivity index (χ2v) is 4.58. The fourth-order valence-electron chi connectivity index (χ4n) is 1.56. The minimum atomic E-state index is -0.555. The van der Waals surface area contributed by atoms with Crippen LogP contribution in [0.5, 0.6) is 5.75 Å². The average Bonchev–Trinajstić information content (AvgIpc) is 3.03. The van der Waals surface area contributed by atoms with Gasteiger partial charge in [-0.1, -0.05) is 0 Å². The van der Waals surface area contributed by atoms with Crippen molar-refractivity contribution in [2.45, 2.75) is 0 Å². The second kappa shape index (κ2) is 6.64. The maximum atomic E-state index is 11.1. The van der Waals surface area contributed by atoms with Crippen molar-refractivity contribution in [3.8, 4) is 11.8 Å². The summed E-state index contributed by atoms with van der Waals surface area (Å²) >= 11 is 3.23. The smallest absolute Gasteiger partial charge is 0.294 e. The summed E-state index contributed by atoms with van der Waals surface area (Å²) in [7, 11) is 1.44. The number of anilines is 1. The number of allylic oxidation sites excluding steroid dienone is 1. The molecule has 0 unspecified atom stereocenters. The molecular formula is C11H8BrN7O3. The van der Waals surface area contributed by atoms with Crippen molar-refractivity contribution in [3.63, 3.8) is 0 Å². The van der Waals surface area contributed by atoms with Crippen LogP contribution in [0.1, 0.15) is 5.82 Å². The lowest BCUT2D eigenvalue weighted by Crippen LogP contribution is -2.00. The lowest BCUT2D eigenvalue weighted by molar-refractivity contribution is -0.384. The third kappa shape index (κ3) is 3.01. The molecule has 1 aromatic carbocycles.